The molecule has 0 fully saturated rings. The topological polar surface area (TPSA) is 72.3 Å². The van der Waals surface area contributed by atoms with Crippen molar-refractivity contribution in [2.75, 3.05) is 17.7 Å². The molecule has 0 aliphatic rings. The molecule has 4 heteroatoms. The fourth-order valence-electron chi connectivity index (χ4n) is 1.78. The van der Waals surface area contributed by atoms with Crippen LogP contribution in [0.25, 0.3) is 0 Å². The van der Waals surface area contributed by atoms with Gasteiger partial charge >= 0.3 is 0 Å². The quantitative estimate of drug-likeness (QED) is 0.807. The molecule has 4 nitrogen and oxygen atoms in total. The van der Waals surface area contributed by atoms with Gasteiger partial charge in [-0.25, -0.2) is 0 Å². The zero-order chi connectivity index (χ0) is 14.1. The van der Waals surface area contributed by atoms with Gasteiger partial charge in [0.15, 0.2) is 0 Å². The van der Waals surface area contributed by atoms with Crippen LogP contribution in [-0.4, -0.2) is 19.0 Å². The molecule has 1 unspecified atom stereocenters. The molecular formula is C14H23N3O. The van der Waals surface area contributed by atoms with E-state index in [9.17, 15) is 4.79 Å². The SMILES string of the molecule is CC(N(C)c1ccc(N)c(C(N)=O)c1)C(C)(C)C. The molecule has 0 bridgehead atoms. The maximum atomic E-state index is 11.3. The van der Waals surface area contributed by atoms with Crippen LogP contribution in [0.1, 0.15) is 38.1 Å². The number of nitrogen functional groups attached to an aromatic ring is 1. The van der Waals surface area contributed by atoms with E-state index in [1.54, 1.807) is 12.1 Å². The first-order valence-corrected chi connectivity index (χ1v) is 6.06. The predicted molar refractivity (Wildman–Crippen MR) is 76.7 cm³/mol. The van der Waals surface area contributed by atoms with Crippen LogP contribution in [0.2, 0.25) is 0 Å². The van der Waals surface area contributed by atoms with Crippen molar-refractivity contribution in [3.05, 3.63) is 23.8 Å². The van der Waals surface area contributed by atoms with Crippen molar-refractivity contribution in [2.24, 2.45) is 11.1 Å². The lowest BCUT2D eigenvalue weighted by Gasteiger charge is -2.37. The molecule has 0 aliphatic carbocycles. The van der Waals surface area contributed by atoms with Crippen molar-refractivity contribution in [3.8, 4) is 0 Å². The highest BCUT2D eigenvalue weighted by atomic mass is 16.1. The Hall–Kier alpha value is -1.71. The van der Waals surface area contributed by atoms with Gasteiger partial charge in [0.05, 0.1) is 5.56 Å². The zero-order valence-corrected chi connectivity index (χ0v) is 11.8. The first kappa shape index (κ1) is 14.4. The average molecular weight is 249 g/mol. The van der Waals surface area contributed by atoms with Crippen LogP contribution in [0.5, 0.6) is 0 Å². The largest absolute Gasteiger partial charge is 0.398 e. The lowest BCUT2D eigenvalue weighted by atomic mass is 9.87. The Morgan fingerprint density at radius 2 is 1.89 bits per heavy atom. The van der Waals surface area contributed by atoms with Crippen molar-refractivity contribution in [3.63, 3.8) is 0 Å². The van der Waals surface area contributed by atoms with Gasteiger partial charge in [-0.1, -0.05) is 20.8 Å². The van der Waals surface area contributed by atoms with E-state index < -0.39 is 5.91 Å². The lowest BCUT2D eigenvalue weighted by molar-refractivity contribution is 0.100. The van der Waals surface area contributed by atoms with E-state index in [0.29, 0.717) is 17.3 Å². The number of amides is 1. The van der Waals surface area contributed by atoms with Gasteiger partial charge in [0.25, 0.3) is 5.91 Å². The van der Waals surface area contributed by atoms with Gasteiger partial charge < -0.3 is 16.4 Å². The van der Waals surface area contributed by atoms with E-state index in [0.717, 1.165) is 5.69 Å². The van der Waals surface area contributed by atoms with Crippen LogP contribution in [0.3, 0.4) is 0 Å². The molecule has 0 saturated heterocycles. The van der Waals surface area contributed by atoms with E-state index in [-0.39, 0.29) is 5.41 Å². The number of hydrogen-bond donors (Lipinski definition) is 2. The predicted octanol–water partition coefficient (Wildman–Crippen LogP) is 2.24. The van der Waals surface area contributed by atoms with Gasteiger partial charge in [0, 0.05) is 24.5 Å². The van der Waals surface area contributed by atoms with Crippen LogP contribution in [0, 0.1) is 5.41 Å². The summed E-state index contributed by atoms with van der Waals surface area (Å²) in [4.78, 5) is 13.4. The summed E-state index contributed by atoms with van der Waals surface area (Å²) in [6.45, 7) is 8.70. The first-order valence-electron chi connectivity index (χ1n) is 6.06. The zero-order valence-electron chi connectivity index (χ0n) is 11.8. The summed E-state index contributed by atoms with van der Waals surface area (Å²) in [7, 11) is 2.01. The Labute approximate surface area is 109 Å². The normalized spacial score (nSPS) is 13.2. The Balaban J connectivity index is 3.11. The third-order valence-corrected chi connectivity index (χ3v) is 3.54. The molecule has 0 heterocycles. The monoisotopic (exact) mass is 249 g/mol. The molecule has 1 rings (SSSR count). The van der Waals surface area contributed by atoms with E-state index in [4.69, 9.17) is 11.5 Å². The summed E-state index contributed by atoms with van der Waals surface area (Å²) < 4.78 is 0. The van der Waals surface area contributed by atoms with Crippen LogP contribution in [0.15, 0.2) is 18.2 Å². The van der Waals surface area contributed by atoms with Gasteiger partial charge in [-0.3, -0.25) is 4.79 Å². The molecule has 100 valence electrons. The fourth-order valence-corrected chi connectivity index (χ4v) is 1.78. The third kappa shape index (κ3) is 2.94. The minimum absolute atomic E-state index is 0.142. The number of carbonyl (C=O) groups is 1. The second kappa shape index (κ2) is 4.88. The number of hydrogen-bond acceptors (Lipinski definition) is 3. The molecule has 1 aromatic carbocycles. The maximum Gasteiger partial charge on any atom is 0.250 e. The van der Waals surface area contributed by atoms with Crippen LogP contribution in [0.4, 0.5) is 11.4 Å². The smallest absolute Gasteiger partial charge is 0.250 e. The summed E-state index contributed by atoms with van der Waals surface area (Å²) in [5.41, 5.74) is 12.9. The Bertz CT molecular complexity index is 449. The van der Waals surface area contributed by atoms with E-state index >= 15 is 0 Å². The number of carbonyl (C=O) groups excluding carboxylic acids is 1. The van der Waals surface area contributed by atoms with Crippen molar-refractivity contribution >= 4 is 17.3 Å². The second-order valence-corrected chi connectivity index (χ2v) is 5.79. The van der Waals surface area contributed by atoms with Crippen LogP contribution >= 0.6 is 0 Å². The first-order chi connectivity index (χ1) is 8.14. The number of anilines is 2. The van der Waals surface area contributed by atoms with Crippen molar-refractivity contribution in [1.29, 1.82) is 0 Å². The van der Waals surface area contributed by atoms with Crippen molar-refractivity contribution < 1.29 is 4.79 Å². The molecule has 0 aliphatic heterocycles. The highest BCUT2D eigenvalue weighted by Crippen LogP contribution is 2.28. The molecular weight excluding hydrogens is 226 g/mol. The number of nitrogens with zero attached hydrogens (tertiary/aromatic N) is 1. The van der Waals surface area contributed by atoms with Gasteiger partial charge in [0.2, 0.25) is 0 Å². The summed E-state index contributed by atoms with van der Waals surface area (Å²) in [6.07, 6.45) is 0. The summed E-state index contributed by atoms with van der Waals surface area (Å²) in [5, 5.41) is 0. The maximum absolute atomic E-state index is 11.3. The number of rotatable bonds is 3. The van der Waals surface area contributed by atoms with Crippen molar-refractivity contribution in [1.82, 2.24) is 0 Å². The van der Waals surface area contributed by atoms with E-state index in [2.05, 4.69) is 32.6 Å². The highest BCUT2D eigenvalue weighted by molar-refractivity contribution is 5.99. The van der Waals surface area contributed by atoms with E-state index in [1.807, 2.05) is 13.1 Å². The lowest BCUT2D eigenvalue weighted by Crippen LogP contribution is -2.39. The molecule has 1 atom stereocenters. The van der Waals surface area contributed by atoms with Gasteiger partial charge in [-0.15, -0.1) is 0 Å². The standard InChI is InChI=1S/C14H23N3O/c1-9(14(2,3)4)17(5)10-6-7-12(15)11(8-10)13(16)18/h6-9H,15H2,1-5H3,(H2,16,18). The van der Waals surface area contributed by atoms with Crippen LogP contribution in [-0.2, 0) is 0 Å². The van der Waals surface area contributed by atoms with Gasteiger partial charge in [-0.2, -0.15) is 0 Å². The summed E-state index contributed by atoms with van der Waals surface area (Å²) in [5.74, 6) is -0.494. The molecule has 18 heavy (non-hydrogen) atoms. The van der Waals surface area contributed by atoms with Crippen LogP contribution < -0.4 is 16.4 Å². The minimum atomic E-state index is -0.494. The second-order valence-electron chi connectivity index (χ2n) is 5.79. The van der Waals surface area contributed by atoms with Gasteiger partial charge in [0.1, 0.15) is 0 Å². The molecule has 0 saturated carbocycles. The Kier molecular flexibility index (Phi) is 3.89. The highest BCUT2D eigenvalue weighted by Gasteiger charge is 2.24. The third-order valence-electron chi connectivity index (χ3n) is 3.54. The number of nitrogens with two attached hydrogens (primary N) is 2. The Morgan fingerprint density at radius 3 is 2.33 bits per heavy atom. The van der Waals surface area contributed by atoms with Crippen molar-refractivity contribution in [2.45, 2.75) is 33.7 Å². The molecule has 0 spiro atoms. The molecule has 1 amide bonds. The molecule has 1 aromatic rings. The molecule has 0 aromatic heterocycles. The van der Waals surface area contributed by atoms with E-state index in [1.165, 1.54) is 0 Å². The molecule has 0 radical (unpaired) electrons. The minimum Gasteiger partial charge on any atom is -0.398 e. The molecule has 4 N–H and O–H groups in total. The summed E-state index contributed by atoms with van der Waals surface area (Å²) >= 11 is 0. The number of benzene rings is 1. The van der Waals surface area contributed by atoms with Gasteiger partial charge in [-0.05, 0) is 30.5 Å². The fraction of sp³-hybridized carbons (Fsp3) is 0.500. The number of primary amides is 1. The average Bonchev–Trinajstić information content (AvgIpc) is 2.26. The summed E-state index contributed by atoms with van der Waals surface area (Å²) in [6, 6.07) is 5.70. The Morgan fingerprint density at radius 1 is 1.33 bits per heavy atom.